The molecule has 0 aliphatic heterocycles. The average molecular weight is 318 g/mol. The van der Waals surface area contributed by atoms with Gasteiger partial charge >= 0.3 is 5.97 Å². The summed E-state index contributed by atoms with van der Waals surface area (Å²) in [6, 6.07) is 4.26. The van der Waals surface area contributed by atoms with Gasteiger partial charge in [-0.25, -0.2) is 0 Å². The molecule has 0 aliphatic carbocycles. The van der Waals surface area contributed by atoms with Gasteiger partial charge < -0.3 is 9.84 Å². The second kappa shape index (κ2) is 6.95. The predicted molar refractivity (Wildman–Crippen MR) is 67.8 cm³/mol. The summed E-state index contributed by atoms with van der Waals surface area (Å²) in [7, 11) is 0. The number of aliphatic carboxylic acids is 1. The van der Waals surface area contributed by atoms with E-state index < -0.39 is 10.9 Å². The van der Waals surface area contributed by atoms with E-state index in [1.165, 1.54) is 12.1 Å². The molecule has 6 nitrogen and oxygen atoms in total. The molecule has 0 spiro atoms. The zero-order chi connectivity index (χ0) is 13.5. The van der Waals surface area contributed by atoms with Crippen molar-refractivity contribution in [2.24, 2.45) is 0 Å². The van der Waals surface area contributed by atoms with Gasteiger partial charge in [0.15, 0.2) is 0 Å². The van der Waals surface area contributed by atoms with Crippen molar-refractivity contribution in [3.8, 4) is 5.75 Å². The molecule has 1 aromatic rings. The van der Waals surface area contributed by atoms with Gasteiger partial charge in [0.05, 0.1) is 22.1 Å². The Labute approximate surface area is 112 Å². The van der Waals surface area contributed by atoms with Crippen molar-refractivity contribution in [1.82, 2.24) is 0 Å². The van der Waals surface area contributed by atoms with E-state index in [-0.39, 0.29) is 12.1 Å². The number of non-ortho nitro benzene ring substituents is 1. The first-order valence-electron chi connectivity index (χ1n) is 5.29. The molecule has 0 saturated carbocycles. The van der Waals surface area contributed by atoms with Crippen molar-refractivity contribution in [3.05, 3.63) is 32.8 Å². The van der Waals surface area contributed by atoms with Gasteiger partial charge in [0.25, 0.3) is 5.69 Å². The lowest BCUT2D eigenvalue weighted by atomic mass is 10.2. The molecule has 1 rings (SSSR count). The zero-order valence-corrected chi connectivity index (χ0v) is 11.1. The van der Waals surface area contributed by atoms with Crippen LogP contribution in [0, 0.1) is 10.1 Å². The maximum absolute atomic E-state index is 10.6. The first kappa shape index (κ1) is 14.4. The number of carboxylic acids is 1. The molecule has 0 fully saturated rings. The lowest BCUT2D eigenvalue weighted by molar-refractivity contribution is -0.385. The van der Waals surface area contributed by atoms with Crippen LogP contribution < -0.4 is 4.74 Å². The van der Waals surface area contributed by atoms with Gasteiger partial charge in [0, 0.05) is 12.5 Å². The Morgan fingerprint density at radius 1 is 1.44 bits per heavy atom. The van der Waals surface area contributed by atoms with E-state index in [0.717, 1.165) is 0 Å². The Kier molecular flexibility index (Phi) is 5.57. The van der Waals surface area contributed by atoms with Crippen LogP contribution in [0.3, 0.4) is 0 Å². The van der Waals surface area contributed by atoms with E-state index in [1.54, 1.807) is 6.07 Å². The molecule has 18 heavy (non-hydrogen) atoms. The molecule has 0 unspecified atom stereocenters. The van der Waals surface area contributed by atoms with Crippen molar-refractivity contribution >= 4 is 27.6 Å². The highest BCUT2D eigenvalue weighted by molar-refractivity contribution is 9.10. The summed E-state index contributed by atoms with van der Waals surface area (Å²) in [6.07, 6.45) is 1.20. The fraction of sp³-hybridized carbons (Fsp3) is 0.364. The number of nitrogens with zero attached hydrogens (tertiary/aromatic N) is 1. The highest BCUT2D eigenvalue weighted by atomic mass is 79.9. The number of unbranched alkanes of at least 4 members (excludes halogenated alkanes) is 1. The Bertz CT molecular complexity index is 449. The van der Waals surface area contributed by atoms with Crippen LogP contribution in [0.15, 0.2) is 22.7 Å². The molecule has 0 atom stereocenters. The number of nitro benzene ring substituents is 1. The molecule has 98 valence electrons. The summed E-state index contributed by atoms with van der Waals surface area (Å²) in [4.78, 5) is 20.4. The lowest BCUT2D eigenvalue weighted by Gasteiger charge is -2.07. The molecule has 1 N–H and O–H groups in total. The minimum atomic E-state index is -0.841. The number of ether oxygens (including phenoxy) is 1. The summed E-state index contributed by atoms with van der Waals surface area (Å²) in [5.41, 5.74) is -0.0428. The maximum Gasteiger partial charge on any atom is 0.303 e. The maximum atomic E-state index is 10.6. The lowest BCUT2D eigenvalue weighted by Crippen LogP contribution is -2.01. The summed E-state index contributed by atoms with van der Waals surface area (Å²) < 4.78 is 6.00. The van der Waals surface area contributed by atoms with Gasteiger partial charge in [-0.1, -0.05) is 0 Å². The van der Waals surface area contributed by atoms with E-state index >= 15 is 0 Å². The number of carboxylic acid groups (broad SMARTS) is 1. The first-order chi connectivity index (χ1) is 8.50. The van der Waals surface area contributed by atoms with Crippen molar-refractivity contribution < 1.29 is 19.6 Å². The Morgan fingerprint density at radius 2 is 2.17 bits per heavy atom. The second-order valence-electron chi connectivity index (χ2n) is 3.57. The van der Waals surface area contributed by atoms with Gasteiger partial charge in [0.2, 0.25) is 0 Å². The molecule has 1 aromatic carbocycles. The monoisotopic (exact) mass is 317 g/mol. The highest BCUT2D eigenvalue weighted by Crippen LogP contribution is 2.29. The van der Waals surface area contributed by atoms with Crippen LogP contribution >= 0.6 is 15.9 Å². The number of nitro groups is 1. The topological polar surface area (TPSA) is 89.7 Å². The third-order valence-electron chi connectivity index (χ3n) is 2.17. The highest BCUT2D eigenvalue weighted by Gasteiger charge is 2.10. The summed E-state index contributed by atoms with van der Waals surface area (Å²) in [6.45, 7) is 0.326. The van der Waals surface area contributed by atoms with Crippen molar-refractivity contribution in [2.75, 3.05) is 6.61 Å². The fourth-order valence-electron chi connectivity index (χ4n) is 1.28. The summed E-state index contributed by atoms with van der Waals surface area (Å²) in [5.74, 6) is -0.453. The SMILES string of the molecule is O=C(O)CCCCOc1cc([N+](=O)[O-])ccc1Br. The minimum absolute atomic E-state index is 0.0428. The van der Waals surface area contributed by atoms with Crippen LogP contribution in [0.2, 0.25) is 0 Å². The Balaban J connectivity index is 2.48. The van der Waals surface area contributed by atoms with Gasteiger partial charge in [0.1, 0.15) is 5.75 Å². The van der Waals surface area contributed by atoms with E-state index in [9.17, 15) is 14.9 Å². The fourth-order valence-corrected chi connectivity index (χ4v) is 1.64. The number of carbonyl (C=O) groups is 1. The minimum Gasteiger partial charge on any atom is -0.492 e. The molecule has 0 aliphatic rings. The number of benzene rings is 1. The number of hydrogen-bond donors (Lipinski definition) is 1. The van der Waals surface area contributed by atoms with Crippen LogP contribution in [-0.4, -0.2) is 22.6 Å². The number of hydrogen-bond acceptors (Lipinski definition) is 4. The molecule has 7 heteroatoms. The van der Waals surface area contributed by atoms with Crippen molar-refractivity contribution in [3.63, 3.8) is 0 Å². The van der Waals surface area contributed by atoms with Crippen LogP contribution in [0.4, 0.5) is 5.69 Å². The van der Waals surface area contributed by atoms with Crippen molar-refractivity contribution in [2.45, 2.75) is 19.3 Å². The van der Waals surface area contributed by atoms with Gasteiger partial charge in [-0.2, -0.15) is 0 Å². The number of rotatable bonds is 7. The van der Waals surface area contributed by atoms with Gasteiger partial charge in [-0.3, -0.25) is 14.9 Å². The molecule has 0 radical (unpaired) electrons. The standard InChI is InChI=1S/C11H12BrNO5/c12-9-5-4-8(13(16)17)7-10(9)18-6-2-1-3-11(14)15/h4-5,7H,1-3,6H2,(H,14,15). The molecular weight excluding hydrogens is 306 g/mol. The third kappa shape index (κ3) is 4.70. The third-order valence-corrected chi connectivity index (χ3v) is 2.82. The molecule has 0 bridgehead atoms. The van der Waals surface area contributed by atoms with Crippen molar-refractivity contribution in [1.29, 1.82) is 0 Å². The normalized spacial score (nSPS) is 10.1. The van der Waals surface area contributed by atoms with Gasteiger partial charge in [-0.15, -0.1) is 0 Å². The zero-order valence-electron chi connectivity index (χ0n) is 9.47. The first-order valence-corrected chi connectivity index (χ1v) is 6.08. The van der Waals surface area contributed by atoms with E-state index in [0.29, 0.717) is 29.7 Å². The van der Waals surface area contributed by atoms with Crippen LogP contribution in [-0.2, 0) is 4.79 Å². The molecule has 0 amide bonds. The molecular formula is C11H12BrNO5. The predicted octanol–water partition coefficient (Wildman–Crippen LogP) is 2.99. The number of halogens is 1. The average Bonchev–Trinajstić information content (AvgIpc) is 2.30. The second-order valence-corrected chi connectivity index (χ2v) is 4.43. The van der Waals surface area contributed by atoms with Crippen LogP contribution in [0.5, 0.6) is 5.75 Å². The summed E-state index contributed by atoms with van der Waals surface area (Å²) >= 11 is 3.23. The largest absolute Gasteiger partial charge is 0.492 e. The molecule has 0 heterocycles. The smallest absolute Gasteiger partial charge is 0.303 e. The van der Waals surface area contributed by atoms with E-state index in [1.807, 2.05) is 0 Å². The van der Waals surface area contributed by atoms with E-state index in [4.69, 9.17) is 9.84 Å². The Morgan fingerprint density at radius 3 is 2.78 bits per heavy atom. The molecule has 0 saturated heterocycles. The quantitative estimate of drug-likeness (QED) is 0.474. The van der Waals surface area contributed by atoms with Gasteiger partial charge in [-0.05, 0) is 34.8 Å². The van der Waals surface area contributed by atoms with Crippen LogP contribution in [0.1, 0.15) is 19.3 Å². The molecule has 0 aromatic heterocycles. The summed E-state index contributed by atoms with van der Waals surface area (Å²) in [5, 5.41) is 19.0. The van der Waals surface area contributed by atoms with Crippen LogP contribution in [0.25, 0.3) is 0 Å². The Hall–Kier alpha value is -1.63. The van der Waals surface area contributed by atoms with E-state index in [2.05, 4.69) is 15.9 Å².